The van der Waals surface area contributed by atoms with Crippen LogP contribution in [0.2, 0.25) is 0 Å². The molecule has 3 nitrogen and oxygen atoms in total. The largest absolute Gasteiger partial charge is 0.296 e. The number of likely N-dealkylation sites (tertiary alicyclic amines) is 1. The van der Waals surface area contributed by atoms with Crippen LogP contribution in [0.4, 0.5) is 0 Å². The Labute approximate surface area is 128 Å². The van der Waals surface area contributed by atoms with Crippen LogP contribution < -0.4 is 0 Å². The van der Waals surface area contributed by atoms with Crippen LogP contribution in [-0.2, 0) is 9.84 Å². The molecule has 1 aromatic carbocycles. The average Bonchev–Trinajstić information content (AvgIpc) is 2.39. The molecule has 0 radical (unpaired) electrons. The number of halogens is 1. The molecule has 1 unspecified atom stereocenters. The zero-order valence-corrected chi connectivity index (χ0v) is 13.8. The van der Waals surface area contributed by atoms with Crippen LogP contribution in [0.25, 0.3) is 0 Å². The molecule has 1 atom stereocenters. The van der Waals surface area contributed by atoms with Gasteiger partial charge in [-0.15, -0.1) is 12.4 Å². The fourth-order valence-corrected chi connectivity index (χ4v) is 3.55. The van der Waals surface area contributed by atoms with E-state index in [-0.39, 0.29) is 12.4 Å². The first-order chi connectivity index (χ1) is 9.02. The van der Waals surface area contributed by atoms with Crippen molar-refractivity contribution in [3.63, 3.8) is 0 Å². The minimum atomic E-state index is -3.11. The molecule has 0 amide bonds. The van der Waals surface area contributed by atoms with E-state index in [0.717, 1.165) is 31.5 Å². The van der Waals surface area contributed by atoms with Crippen molar-refractivity contribution in [2.45, 2.75) is 43.5 Å². The van der Waals surface area contributed by atoms with Crippen LogP contribution in [0.5, 0.6) is 0 Å². The third-order valence-electron chi connectivity index (χ3n) is 3.80. The molecule has 1 aliphatic heterocycles. The zero-order valence-electron chi connectivity index (χ0n) is 12.2. The predicted octanol–water partition coefficient (Wildman–Crippen LogP) is 3.45. The molecule has 5 heteroatoms. The van der Waals surface area contributed by atoms with Crippen LogP contribution in [-0.4, -0.2) is 32.7 Å². The predicted molar refractivity (Wildman–Crippen MR) is 85.3 cm³/mol. The van der Waals surface area contributed by atoms with E-state index in [9.17, 15) is 8.42 Å². The first-order valence-electron chi connectivity index (χ1n) is 7.06. The number of hydrogen-bond donors (Lipinski definition) is 0. The maximum Gasteiger partial charge on any atom is 0.175 e. The minimum absolute atomic E-state index is 0. The van der Waals surface area contributed by atoms with E-state index in [1.807, 2.05) is 12.1 Å². The summed E-state index contributed by atoms with van der Waals surface area (Å²) in [4.78, 5) is 2.93. The maximum atomic E-state index is 11.7. The van der Waals surface area contributed by atoms with Gasteiger partial charge in [0.05, 0.1) is 4.90 Å². The van der Waals surface area contributed by atoms with Crippen molar-refractivity contribution in [2.24, 2.45) is 0 Å². The Hall–Kier alpha value is -0.580. The van der Waals surface area contributed by atoms with Crippen molar-refractivity contribution >= 4 is 22.2 Å². The van der Waals surface area contributed by atoms with E-state index < -0.39 is 9.84 Å². The molecule has 2 rings (SSSR count). The highest BCUT2D eigenvalue weighted by molar-refractivity contribution is 7.90. The zero-order chi connectivity index (χ0) is 13.9. The van der Waals surface area contributed by atoms with E-state index in [4.69, 9.17) is 0 Å². The van der Waals surface area contributed by atoms with Crippen LogP contribution >= 0.6 is 12.4 Å². The second-order valence-electron chi connectivity index (χ2n) is 5.39. The van der Waals surface area contributed by atoms with Crippen molar-refractivity contribution in [2.75, 3.05) is 19.3 Å². The molecule has 0 bridgehead atoms. The molecular formula is C15H24ClNO2S. The molecule has 0 spiro atoms. The molecule has 0 N–H and O–H groups in total. The molecule has 114 valence electrons. The summed E-state index contributed by atoms with van der Waals surface area (Å²) >= 11 is 0. The lowest BCUT2D eigenvalue weighted by Gasteiger charge is -2.36. The minimum Gasteiger partial charge on any atom is -0.296 e. The number of sulfone groups is 1. The SMILES string of the molecule is CCCN1CCCCC1c1cccc(S(C)(=O)=O)c1.Cl. The number of piperidine rings is 1. The molecule has 1 fully saturated rings. The van der Waals surface area contributed by atoms with Crippen molar-refractivity contribution in [1.82, 2.24) is 4.90 Å². The molecular weight excluding hydrogens is 294 g/mol. The number of rotatable bonds is 4. The summed E-state index contributed by atoms with van der Waals surface area (Å²) in [6, 6.07) is 7.85. The van der Waals surface area contributed by atoms with Crippen molar-refractivity contribution < 1.29 is 8.42 Å². The molecule has 1 heterocycles. The molecule has 1 aliphatic rings. The molecule has 1 aromatic rings. The van der Waals surface area contributed by atoms with E-state index in [0.29, 0.717) is 10.9 Å². The summed E-state index contributed by atoms with van der Waals surface area (Å²) in [6.45, 7) is 4.41. The number of benzene rings is 1. The summed E-state index contributed by atoms with van der Waals surface area (Å²) in [5, 5.41) is 0. The fraction of sp³-hybridized carbons (Fsp3) is 0.600. The Bertz CT molecular complexity index is 528. The summed E-state index contributed by atoms with van der Waals surface area (Å²) in [5.41, 5.74) is 1.15. The summed E-state index contributed by atoms with van der Waals surface area (Å²) in [5.74, 6) is 0. The molecule has 20 heavy (non-hydrogen) atoms. The number of nitrogens with zero attached hydrogens (tertiary/aromatic N) is 1. The Morgan fingerprint density at radius 3 is 2.70 bits per heavy atom. The highest BCUT2D eigenvalue weighted by Gasteiger charge is 2.23. The highest BCUT2D eigenvalue weighted by atomic mass is 35.5. The lowest BCUT2D eigenvalue weighted by atomic mass is 9.95. The van der Waals surface area contributed by atoms with Gasteiger partial charge in [0.15, 0.2) is 9.84 Å². The first-order valence-corrected chi connectivity index (χ1v) is 8.95. The second-order valence-corrected chi connectivity index (χ2v) is 7.41. The summed E-state index contributed by atoms with van der Waals surface area (Å²) in [7, 11) is -3.11. The quantitative estimate of drug-likeness (QED) is 0.853. The van der Waals surface area contributed by atoms with Gasteiger partial charge < -0.3 is 0 Å². The van der Waals surface area contributed by atoms with Crippen molar-refractivity contribution in [3.05, 3.63) is 29.8 Å². The summed E-state index contributed by atoms with van der Waals surface area (Å²) < 4.78 is 23.3. The van der Waals surface area contributed by atoms with Gasteiger partial charge in [-0.05, 0) is 50.0 Å². The maximum absolute atomic E-state index is 11.7. The Morgan fingerprint density at radius 1 is 1.30 bits per heavy atom. The van der Waals surface area contributed by atoms with Crippen molar-refractivity contribution in [3.8, 4) is 0 Å². The summed E-state index contributed by atoms with van der Waals surface area (Å²) in [6.07, 6.45) is 6.03. The van der Waals surface area contributed by atoms with Gasteiger partial charge >= 0.3 is 0 Å². The normalized spacial score (nSPS) is 20.4. The number of hydrogen-bond acceptors (Lipinski definition) is 3. The average molecular weight is 318 g/mol. The van der Waals surface area contributed by atoms with Crippen LogP contribution in [0.15, 0.2) is 29.2 Å². The smallest absolute Gasteiger partial charge is 0.175 e. The third kappa shape index (κ3) is 4.21. The topological polar surface area (TPSA) is 37.4 Å². The van der Waals surface area contributed by atoms with E-state index in [1.54, 1.807) is 6.07 Å². The third-order valence-corrected chi connectivity index (χ3v) is 4.91. The highest BCUT2D eigenvalue weighted by Crippen LogP contribution is 2.31. The van der Waals surface area contributed by atoms with Gasteiger partial charge in [-0.2, -0.15) is 0 Å². The van der Waals surface area contributed by atoms with Gasteiger partial charge in [-0.1, -0.05) is 25.5 Å². The van der Waals surface area contributed by atoms with Gasteiger partial charge in [-0.25, -0.2) is 8.42 Å². The lowest BCUT2D eigenvalue weighted by Crippen LogP contribution is -2.34. The Kier molecular flexibility index (Phi) is 6.49. The molecule has 0 aromatic heterocycles. The van der Waals surface area contributed by atoms with Gasteiger partial charge in [0.1, 0.15) is 0 Å². The first kappa shape index (κ1) is 17.5. The van der Waals surface area contributed by atoms with Gasteiger partial charge in [0.2, 0.25) is 0 Å². The molecule has 0 aliphatic carbocycles. The Morgan fingerprint density at radius 2 is 2.05 bits per heavy atom. The van der Waals surface area contributed by atoms with E-state index in [1.165, 1.54) is 19.1 Å². The van der Waals surface area contributed by atoms with E-state index >= 15 is 0 Å². The van der Waals surface area contributed by atoms with Crippen LogP contribution in [0, 0.1) is 0 Å². The van der Waals surface area contributed by atoms with Crippen LogP contribution in [0.1, 0.15) is 44.2 Å². The molecule has 0 saturated carbocycles. The van der Waals surface area contributed by atoms with Gasteiger partial charge in [0.25, 0.3) is 0 Å². The van der Waals surface area contributed by atoms with Crippen molar-refractivity contribution in [1.29, 1.82) is 0 Å². The van der Waals surface area contributed by atoms with E-state index in [2.05, 4.69) is 17.9 Å². The monoisotopic (exact) mass is 317 g/mol. The molecule has 1 saturated heterocycles. The van der Waals surface area contributed by atoms with Gasteiger partial charge in [0, 0.05) is 12.3 Å². The lowest BCUT2D eigenvalue weighted by molar-refractivity contribution is 0.149. The Balaban J connectivity index is 0.00000200. The second kappa shape index (κ2) is 7.43. The fourth-order valence-electron chi connectivity index (χ4n) is 2.88. The van der Waals surface area contributed by atoms with Crippen LogP contribution in [0.3, 0.4) is 0 Å². The standard InChI is InChI=1S/C15H23NO2S.ClH/c1-3-10-16-11-5-4-9-15(16)13-7-6-8-14(12-13)19(2,17)18;/h6-8,12,15H,3-5,9-11H2,1-2H3;1H. The van der Waals surface area contributed by atoms with Gasteiger partial charge in [-0.3, -0.25) is 4.90 Å².